The summed E-state index contributed by atoms with van der Waals surface area (Å²) in [5, 5.41) is 15.3. The van der Waals surface area contributed by atoms with Gasteiger partial charge in [0.05, 0.1) is 12.0 Å². The molecule has 1 atom stereocenters. The molecule has 4 aromatic rings. The maximum Gasteiger partial charge on any atom is 0.340 e. The molecule has 0 bridgehead atoms. The second kappa shape index (κ2) is 9.46. The highest BCUT2D eigenvalue weighted by Crippen LogP contribution is 2.31. The average Bonchev–Trinajstić information content (AvgIpc) is 3.10. The molecule has 2 amide bonds. The minimum atomic E-state index is -1.21. The van der Waals surface area contributed by atoms with Crippen molar-refractivity contribution in [3.05, 3.63) is 80.9 Å². The number of benzene rings is 2. The van der Waals surface area contributed by atoms with Gasteiger partial charge in [-0.25, -0.2) is 4.79 Å². The topological polar surface area (TPSA) is 139 Å². The molecule has 0 aliphatic rings. The Balaban J connectivity index is 1.65. The van der Waals surface area contributed by atoms with E-state index in [0.29, 0.717) is 27.7 Å². The highest BCUT2D eigenvalue weighted by atomic mass is 16.4. The molecule has 0 spiro atoms. The fourth-order valence-corrected chi connectivity index (χ4v) is 4.01. The SMILES string of the molecule is Cc1oc2cc3oc(=O)c(CC(=O)N[C@@H](C(=O)NCC(=O)O)c4ccccc4)c(C)c3cc2c1C. The molecule has 9 heteroatoms. The number of hydrogen-bond acceptors (Lipinski definition) is 6. The van der Waals surface area contributed by atoms with E-state index < -0.39 is 36.0 Å². The van der Waals surface area contributed by atoms with Crippen LogP contribution in [-0.2, 0) is 20.8 Å². The number of carbonyl (C=O) groups is 3. The van der Waals surface area contributed by atoms with Crippen molar-refractivity contribution in [2.75, 3.05) is 6.54 Å². The molecule has 0 unspecified atom stereocenters. The number of carboxylic acids is 1. The van der Waals surface area contributed by atoms with E-state index in [1.54, 1.807) is 43.3 Å². The molecule has 3 N–H and O–H groups in total. The Bertz CT molecular complexity index is 1520. The van der Waals surface area contributed by atoms with Gasteiger partial charge in [-0.1, -0.05) is 30.3 Å². The second-order valence-electron chi connectivity index (χ2n) is 8.32. The van der Waals surface area contributed by atoms with Crippen LogP contribution in [0.2, 0.25) is 0 Å². The number of rotatable bonds is 7. The standard InChI is InChI=1S/C26H24N2O7/c1-13-15(3)34-20-11-21-18(9-17(13)20)14(2)19(26(33)35-21)10-22(29)28-24(16-7-5-4-6-8-16)25(32)27-12-23(30)31/h4-9,11,24H,10,12H2,1-3H3,(H,27,32)(H,28,29)(H,30,31)/t24-/m1/s1. The molecule has 9 nitrogen and oxygen atoms in total. The minimum absolute atomic E-state index is 0.171. The maximum absolute atomic E-state index is 12.9. The minimum Gasteiger partial charge on any atom is -0.480 e. The zero-order chi connectivity index (χ0) is 25.3. The predicted molar refractivity (Wildman–Crippen MR) is 128 cm³/mol. The molecule has 0 radical (unpaired) electrons. The van der Waals surface area contributed by atoms with Gasteiger partial charge in [0.25, 0.3) is 0 Å². The predicted octanol–water partition coefficient (Wildman–Crippen LogP) is 3.07. The lowest BCUT2D eigenvalue weighted by Crippen LogP contribution is -2.42. The number of amides is 2. The van der Waals surface area contributed by atoms with Gasteiger partial charge in [0.2, 0.25) is 11.8 Å². The number of hydrogen-bond donors (Lipinski definition) is 3. The molecular weight excluding hydrogens is 452 g/mol. The Labute approximate surface area is 199 Å². The molecule has 0 aliphatic heterocycles. The summed E-state index contributed by atoms with van der Waals surface area (Å²) in [5.74, 6) is -1.71. The van der Waals surface area contributed by atoms with Crippen molar-refractivity contribution in [1.82, 2.24) is 10.6 Å². The number of furan rings is 1. The number of nitrogens with one attached hydrogen (secondary N) is 2. The molecule has 2 heterocycles. The third-order valence-corrected chi connectivity index (χ3v) is 6.03. The monoisotopic (exact) mass is 476 g/mol. The van der Waals surface area contributed by atoms with Gasteiger partial charge in [0.1, 0.15) is 29.5 Å². The first-order chi connectivity index (χ1) is 16.7. The van der Waals surface area contributed by atoms with Gasteiger partial charge in [0, 0.05) is 16.8 Å². The highest BCUT2D eigenvalue weighted by Gasteiger charge is 2.25. The number of fused-ring (bicyclic) bond motifs is 2. The summed E-state index contributed by atoms with van der Waals surface area (Å²) in [6.45, 7) is 4.94. The lowest BCUT2D eigenvalue weighted by molar-refractivity contribution is -0.138. The van der Waals surface area contributed by atoms with Crippen LogP contribution in [-0.4, -0.2) is 29.4 Å². The van der Waals surface area contributed by atoms with E-state index in [1.807, 2.05) is 19.9 Å². The Morgan fingerprint density at radius 2 is 1.60 bits per heavy atom. The Morgan fingerprint density at radius 1 is 0.943 bits per heavy atom. The van der Waals surface area contributed by atoms with Crippen LogP contribution < -0.4 is 16.3 Å². The van der Waals surface area contributed by atoms with E-state index in [4.69, 9.17) is 13.9 Å². The first-order valence-electron chi connectivity index (χ1n) is 11.0. The molecule has 2 aromatic carbocycles. The van der Waals surface area contributed by atoms with Gasteiger partial charge in [0.15, 0.2) is 0 Å². The zero-order valence-electron chi connectivity index (χ0n) is 19.4. The molecule has 180 valence electrons. The summed E-state index contributed by atoms with van der Waals surface area (Å²) in [4.78, 5) is 49.2. The zero-order valence-corrected chi connectivity index (χ0v) is 19.4. The van der Waals surface area contributed by atoms with Gasteiger partial charge in [-0.3, -0.25) is 14.4 Å². The van der Waals surface area contributed by atoms with E-state index in [-0.39, 0.29) is 12.0 Å². The lowest BCUT2D eigenvalue weighted by atomic mass is 10.0. The number of carbonyl (C=O) groups excluding carboxylic acids is 2. The van der Waals surface area contributed by atoms with Gasteiger partial charge in [-0.15, -0.1) is 0 Å². The first kappa shape index (κ1) is 23.7. The van der Waals surface area contributed by atoms with Crippen molar-refractivity contribution < 1.29 is 28.3 Å². The van der Waals surface area contributed by atoms with E-state index >= 15 is 0 Å². The fourth-order valence-electron chi connectivity index (χ4n) is 4.01. The lowest BCUT2D eigenvalue weighted by Gasteiger charge is -2.18. The van der Waals surface area contributed by atoms with Crippen LogP contribution in [0.25, 0.3) is 21.9 Å². The van der Waals surface area contributed by atoms with Gasteiger partial charge in [-0.2, -0.15) is 0 Å². The molecule has 0 aliphatic carbocycles. The molecule has 0 saturated carbocycles. The van der Waals surface area contributed by atoms with Crippen molar-refractivity contribution in [2.45, 2.75) is 33.2 Å². The Kier molecular flexibility index (Phi) is 6.42. The molecule has 2 aromatic heterocycles. The average molecular weight is 476 g/mol. The summed E-state index contributed by atoms with van der Waals surface area (Å²) in [5.41, 5.74) is 2.52. The van der Waals surface area contributed by atoms with Crippen LogP contribution in [0.3, 0.4) is 0 Å². The summed E-state index contributed by atoms with van der Waals surface area (Å²) in [6.07, 6.45) is -0.318. The molecule has 0 saturated heterocycles. The largest absolute Gasteiger partial charge is 0.480 e. The van der Waals surface area contributed by atoms with Crippen LogP contribution in [0.4, 0.5) is 0 Å². The van der Waals surface area contributed by atoms with E-state index in [0.717, 1.165) is 16.7 Å². The van der Waals surface area contributed by atoms with Gasteiger partial charge < -0.3 is 24.6 Å². The molecular formula is C26H24N2O7. The Morgan fingerprint density at radius 3 is 2.29 bits per heavy atom. The van der Waals surface area contributed by atoms with Crippen LogP contribution in [0.1, 0.15) is 34.1 Å². The second-order valence-corrected chi connectivity index (χ2v) is 8.32. The van der Waals surface area contributed by atoms with Crippen molar-refractivity contribution in [1.29, 1.82) is 0 Å². The van der Waals surface area contributed by atoms with Crippen LogP contribution >= 0.6 is 0 Å². The van der Waals surface area contributed by atoms with Gasteiger partial charge >= 0.3 is 11.6 Å². The first-order valence-corrected chi connectivity index (χ1v) is 11.0. The summed E-state index contributed by atoms with van der Waals surface area (Å²) >= 11 is 0. The van der Waals surface area contributed by atoms with Crippen molar-refractivity contribution >= 4 is 39.7 Å². The smallest absolute Gasteiger partial charge is 0.340 e. The number of aryl methyl sites for hydroxylation is 3. The van der Waals surface area contributed by atoms with Crippen molar-refractivity contribution in [3.8, 4) is 0 Å². The molecule has 4 rings (SSSR count). The summed E-state index contributed by atoms with van der Waals surface area (Å²) < 4.78 is 11.2. The van der Waals surface area contributed by atoms with Gasteiger partial charge in [-0.05, 0) is 43.5 Å². The fraction of sp³-hybridized carbons (Fsp3) is 0.231. The number of aliphatic carboxylic acids is 1. The van der Waals surface area contributed by atoms with E-state index in [1.165, 1.54) is 0 Å². The number of carboxylic acid groups (broad SMARTS) is 1. The summed E-state index contributed by atoms with van der Waals surface area (Å²) in [6, 6.07) is 10.8. The summed E-state index contributed by atoms with van der Waals surface area (Å²) in [7, 11) is 0. The van der Waals surface area contributed by atoms with E-state index in [2.05, 4.69) is 10.6 Å². The molecule has 0 fully saturated rings. The normalized spacial score (nSPS) is 12.0. The van der Waals surface area contributed by atoms with Crippen LogP contribution in [0.5, 0.6) is 0 Å². The highest BCUT2D eigenvalue weighted by molar-refractivity contribution is 5.97. The third kappa shape index (κ3) is 4.79. The molecule has 35 heavy (non-hydrogen) atoms. The third-order valence-electron chi connectivity index (χ3n) is 6.03. The van der Waals surface area contributed by atoms with Crippen LogP contribution in [0.15, 0.2) is 56.1 Å². The van der Waals surface area contributed by atoms with E-state index in [9.17, 15) is 19.2 Å². The maximum atomic E-state index is 12.9. The van der Waals surface area contributed by atoms with Crippen molar-refractivity contribution in [3.63, 3.8) is 0 Å². The quantitative estimate of drug-likeness (QED) is 0.348. The Hall–Kier alpha value is -4.40. The van der Waals surface area contributed by atoms with Crippen LogP contribution in [0, 0.1) is 20.8 Å². The van der Waals surface area contributed by atoms with Crippen molar-refractivity contribution in [2.24, 2.45) is 0 Å².